The van der Waals surface area contributed by atoms with Gasteiger partial charge in [-0.1, -0.05) is 35.7 Å². The molecule has 5 heteroatoms. The van der Waals surface area contributed by atoms with Crippen molar-refractivity contribution in [2.45, 2.75) is 52.0 Å². The van der Waals surface area contributed by atoms with Crippen LogP contribution in [0.15, 0.2) is 22.7 Å². The Bertz CT molecular complexity index is 549. The molecule has 1 aliphatic rings. The molecule has 1 saturated heterocycles. The molecule has 24 heavy (non-hydrogen) atoms. The molecule has 0 saturated carbocycles. The van der Waals surface area contributed by atoms with Crippen LogP contribution >= 0.6 is 15.9 Å². The number of carboxylic acid groups (broad SMARTS) is 1. The Kier molecular flexibility index (Phi) is 7.56. The number of ether oxygens (including phenoxy) is 1. The van der Waals surface area contributed by atoms with E-state index in [0.29, 0.717) is 13.2 Å². The van der Waals surface area contributed by atoms with E-state index >= 15 is 0 Å². The highest BCUT2D eigenvalue weighted by Crippen LogP contribution is 2.37. The maximum Gasteiger partial charge on any atom is 0.307 e. The SMILES string of the molecule is CCCCC(c1cc(Br)ccc1OCC)N1CCCC(C(=O)O)C1. The first-order chi connectivity index (χ1) is 11.6. The third-order valence-electron chi connectivity index (χ3n) is 4.70. The average molecular weight is 398 g/mol. The van der Waals surface area contributed by atoms with E-state index in [1.54, 1.807) is 0 Å². The number of benzene rings is 1. The molecule has 0 amide bonds. The van der Waals surface area contributed by atoms with E-state index in [9.17, 15) is 9.90 Å². The lowest BCUT2D eigenvalue weighted by Crippen LogP contribution is -2.41. The van der Waals surface area contributed by atoms with Crippen LogP contribution in [-0.2, 0) is 4.79 Å². The second kappa shape index (κ2) is 9.42. The molecule has 2 atom stereocenters. The minimum atomic E-state index is -0.673. The van der Waals surface area contributed by atoms with Crippen molar-refractivity contribution in [2.24, 2.45) is 5.92 Å². The van der Waals surface area contributed by atoms with E-state index < -0.39 is 5.97 Å². The summed E-state index contributed by atoms with van der Waals surface area (Å²) >= 11 is 3.57. The lowest BCUT2D eigenvalue weighted by molar-refractivity contribution is -0.144. The van der Waals surface area contributed by atoms with E-state index in [4.69, 9.17) is 4.74 Å². The smallest absolute Gasteiger partial charge is 0.307 e. The lowest BCUT2D eigenvalue weighted by atomic mass is 9.92. The van der Waals surface area contributed by atoms with Crippen molar-refractivity contribution in [1.82, 2.24) is 4.90 Å². The topological polar surface area (TPSA) is 49.8 Å². The number of unbranched alkanes of at least 4 members (excludes halogenated alkanes) is 1. The highest BCUT2D eigenvalue weighted by Gasteiger charge is 2.31. The van der Waals surface area contributed by atoms with E-state index in [2.05, 4.69) is 33.8 Å². The summed E-state index contributed by atoms with van der Waals surface area (Å²) in [6, 6.07) is 6.36. The summed E-state index contributed by atoms with van der Waals surface area (Å²) in [5.74, 6) is -0.0157. The molecular weight excluding hydrogens is 370 g/mol. The van der Waals surface area contributed by atoms with Crippen molar-refractivity contribution in [1.29, 1.82) is 0 Å². The standard InChI is InChI=1S/C19H28BrNO3/c1-3-5-8-17(21-11-6-7-14(13-21)19(22)23)16-12-15(20)9-10-18(16)24-4-2/h9-10,12,14,17H,3-8,11,13H2,1-2H3,(H,22,23). The fraction of sp³-hybridized carbons (Fsp3) is 0.632. The van der Waals surface area contributed by atoms with Crippen molar-refractivity contribution in [3.63, 3.8) is 0 Å². The summed E-state index contributed by atoms with van der Waals surface area (Å²) in [5, 5.41) is 9.41. The molecule has 0 bridgehead atoms. The lowest BCUT2D eigenvalue weighted by Gasteiger charge is -2.38. The predicted octanol–water partition coefficient (Wildman–Crippen LogP) is 4.88. The van der Waals surface area contributed by atoms with Gasteiger partial charge in [0.2, 0.25) is 0 Å². The van der Waals surface area contributed by atoms with E-state index in [0.717, 1.165) is 48.9 Å². The van der Waals surface area contributed by atoms with Crippen molar-refractivity contribution in [3.8, 4) is 5.75 Å². The summed E-state index contributed by atoms with van der Waals surface area (Å²) < 4.78 is 6.89. The summed E-state index contributed by atoms with van der Waals surface area (Å²) in [6.45, 7) is 6.40. The molecule has 1 fully saturated rings. The number of aliphatic carboxylic acids is 1. The van der Waals surface area contributed by atoms with Gasteiger partial charge in [-0.15, -0.1) is 0 Å². The molecule has 0 aromatic heterocycles. The van der Waals surface area contributed by atoms with Crippen LogP contribution in [0.25, 0.3) is 0 Å². The van der Waals surface area contributed by atoms with Gasteiger partial charge in [0.05, 0.1) is 12.5 Å². The van der Waals surface area contributed by atoms with E-state index in [1.807, 2.05) is 19.1 Å². The normalized spacial score (nSPS) is 19.9. The molecule has 1 N–H and O–H groups in total. The Morgan fingerprint density at radius 3 is 2.92 bits per heavy atom. The number of carboxylic acids is 1. The summed E-state index contributed by atoms with van der Waals surface area (Å²) in [6.07, 6.45) is 5.00. The number of likely N-dealkylation sites (tertiary alicyclic amines) is 1. The Labute approximate surface area is 153 Å². The monoisotopic (exact) mass is 397 g/mol. The molecule has 1 aliphatic heterocycles. The maximum absolute atomic E-state index is 11.4. The molecule has 0 spiro atoms. The van der Waals surface area contributed by atoms with Gasteiger partial charge in [-0.25, -0.2) is 0 Å². The molecule has 0 radical (unpaired) electrons. The Hall–Kier alpha value is -1.07. The Morgan fingerprint density at radius 1 is 1.46 bits per heavy atom. The minimum Gasteiger partial charge on any atom is -0.494 e. The first-order valence-corrected chi connectivity index (χ1v) is 9.75. The number of halogens is 1. The Balaban J connectivity index is 2.30. The number of carbonyl (C=O) groups is 1. The zero-order chi connectivity index (χ0) is 17.5. The van der Waals surface area contributed by atoms with Crippen LogP contribution in [0.5, 0.6) is 5.75 Å². The van der Waals surface area contributed by atoms with Gasteiger partial charge in [0.1, 0.15) is 5.75 Å². The van der Waals surface area contributed by atoms with Crippen LogP contribution in [0, 0.1) is 5.92 Å². The fourth-order valence-corrected chi connectivity index (χ4v) is 3.87. The number of hydrogen-bond acceptors (Lipinski definition) is 3. The van der Waals surface area contributed by atoms with Gasteiger partial charge in [0.15, 0.2) is 0 Å². The van der Waals surface area contributed by atoms with Crippen LogP contribution in [0.3, 0.4) is 0 Å². The van der Waals surface area contributed by atoms with Crippen LogP contribution < -0.4 is 4.74 Å². The fourth-order valence-electron chi connectivity index (χ4n) is 3.49. The summed E-state index contributed by atoms with van der Waals surface area (Å²) in [7, 11) is 0. The summed E-state index contributed by atoms with van der Waals surface area (Å²) in [4.78, 5) is 13.8. The van der Waals surface area contributed by atoms with Crippen LogP contribution in [0.4, 0.5) is 0 Å². The summed E-state index contributed by atoms with van der Waals surface area (Å²) in [5.41, 5.74) is 1.17. The van der Waals surface area contributed by atoms with E-state index in [1.165, 1.54) is 5.56 Å². The molecule has 1 aromatic carbocycles. The third-order valence-corrected chi connectivity index (χ3v) is 5.20. The third kappa shape index (κ3) is 4.96. The second-order valence-electron chi connectivity index (χ2n) is 6.45. The van der Waals surface area contributed by atoms with Gasteiger partial charge >= 0.3 is 5.97 Å². The van der Waals surface area contributed by atoms with E-state index in [-0.39, 0.29) is 12.0 Å². The molecule has 1 aromatic rings. The van der Waals surface area contributed by atoms with Crippen molar-refractivity contribution in [2.75, 3.05) is 19.7 Å². The van der Waals surface area contributed by atoms with Crippen LogP contribution in [0.1, 0.15) is 57.6 Å². The quantitative estimate of drug-likeness (QED) is 0.679. The molecule has 1 heterocycles. The van der Waals surface area contributed by atoms with Crippen molar-refractivity contribution < 1.29 is 14.6 Å². The second-order valence-corrected chi connectivity index (χ2v) is 7.36. The van der Waals surface area contributed by atoms with Gasteiger partial charge in [0.25, 0.3) is 0 Å². The largest absolute Gasteiger partial charge is 0.494 e. The van der Waals surface area contributed by atoms with Gasteiger partial charge in [-0.2, -0.15) is 0 Å². The van der Waals surface area contributed by atoms with Crippen molar-refractivity contribution >= 4 is 21.9 Å². The highest BCUT2D eigenvalue weighted by atomic mass is 79.9. The maximum atomic E-state index is 11.4. The van der Waals surface area contributed by atoms with Gasteiger partial charge in [-0.05, 0) is 50.9 Å². The highest BCUT2D eigenvalue weighted by molar-refractivity contribution is 9.10. The zero-order valence-corrected chi connectivity index (χ0v) is 16.2. The van der Waals surface area contributed by atoms with Gasteiger partial charge < -0.3 is 9.84 Å². The van der Waals surface area contributed by atoms with Crippen LogP contribution in [0.2, 0.25) is 0 Å². The van der Waals surface area contributed by atoms with Crippen molar-refractivity contribution in [3.05, 3.63) is 28.2 Å². The predicted molar refractivity (Wildman–Crippen MR) is 99.5 cm³/mol. The molecule has 134 valence electrons. The van der Waals surface area contributed by atoms with Gasteiger partial charge in [-0.3, -0.25) is 9.69 Å². The number of piperidine rings is 1. The number of hydrogen-bond donors (Lipinski definition) is 1. The molecule has 4 nitrogen and oxygen atoms in total. The molecule has 2 unspecified atom stereocenters. The van der Waals surface area contributed by atoms with Gasteiger partial charge in [0, 0.05) is 22.6 Å². The zero-order valence-electron chi connectivity index (χ0n) is 14.6. The first kappa shape index (κ1) is 19.3. The van der Waals surface area contributed by atoms with Crippen LogP contribution in [-0.4, -0.2) is 35.7 Å². The molecule has 2 rings (SSSR count). The molecular formula is C19H28BrNO3. The Morgan fingerprint density at radius 2 is 2.25 bits per heavy atom. The number of rotatable bonds is 8. The first-order valence-electron chi connectivity index (χ1n) is 8.95. The average Bonchev–Trinajstić information content (AvgIpc) is 2.58. The minimum absolute atomic E-state index is 0.214. The number of nitrogens with zero attached hydrogens (tertiary/aromatic N) is 1. The molecule has 0 aliphatic carbocycles.